The molecule has 2 aromatic heterocycles. The molecule has 3 aromatic rings. The molecule has 0 bridgehead atoms. The van der Waals surface area contributed by atoms with Crippen LogP contribution in [0, 0.1) is 0 Å². The zero-order valence-corrected chi connectivity index (χ0v) is 14.1. The van der Waals surface area contributed by atoms with Crippen molar-refractivity contribution in [2.45, 2.75) is 30.5 Å². The average Bonchev–Trinajstić information content (AvgIpc) is 3.02. The number of anilines is 1. The van der Waals surface area contributed by atoms with Crippen LogP contribution in [0.5, 0.6) is 0 Å². The fourth-order valence-electron chi connectivity index (χ4n) is 2.20. The maximum absolute atomic E-state index is 6.20. The monoisotopic (exact) mass is 326 g/mol. The fourth-order valence-corrected chi connectivity index (χ4v) is 3.06. The highest BCUT2D eigenvalue weighted by Crippen LogP contribution is 2.37. The Bertz CT molecular complexity index is 808. The molecule has 2 heterocycles. The largest absolute Gasteiger partial charge is 0.397 e. The van der Waals surface area contributed by atoms with Crippen LogP contribution in [0.2, 0.25) is 0 Å². The minimum atomic E-state index is 0.0607. The summed E-state index contributed by atoms with van der Waals surface area (Å²) in [5.74, 6) is 0.548. The molecular weight excluding hydrogens is 308 g/mol. The van der Waals surface area contributed by atoms with Crippen LogP contribution in [0.25, 0.3) is 22.5 Å². The van der Waals surface area contributed by atoms with Crippen LogP contribution in [-0.4, -0.2) is 30.4 Å². The minimum absolute atomic E-state index is 0.0607. The fraction of sp³-hybridized carbons (Fsp3) is 0.250. The number of nitrogens with one attached hydrogen (secondary N) is 1. The number of nitrogens with zero attached hydrogens (tertiary/aromatic N) is 4. The van der Waals surface area contributed by atoms with Gasteiger partial charge >= 0.3 is 0 Å². The lowest BCUT2D eigenvalue weighted by Gasteiger charge is -2.18. The highest BCUT2D eigenvalue weighted by atomic mass is 32.2. The molecule has 1 aromatic carbocycles. The molecule has 0 aliphatic carbocycles. The molecule has 0 atom stereocenters. The summed E-state index contributed by atoms with van der Waals surface area (Å²) in [6, 6.07) is 9.80. The number of thioether (sulfide) groups is 1. The Morgan fingerprint density at radius 2 is 1.87 bits per heavy atom. The van der Waals surface area contributed by atoms with E-state index in [1.807, 2.05) is 36.5 Å². The second-order valence-corrected chi connectivity index (χ2v) is 7.93. The normalized spacial score (nSPS) is 11.6. The minimum Gasteiger partial charge on any atom is -0.397 e. The first-order chi connectivity index (χ1) is 10.9. The van der Waals surface area contributed by atoms with Gasteiger partial charge in [-0.25, -0.2) is 4.98 Å². The first kappa shape index (κ1) is 15.5. The number of pyridine rings is 1. The molecule has 23 heavy (non-hydrogen) atoms. The third-order valence-corrected chi connectivity index (χ3v) is 4.25. The second-order valence-electron chi connectivity index (χ2n) is 6.11. The summed E-state index contributed by atoms with van der Waals surface area (Å²) in [5.41, 5.74) is 9.67. The number of aromatic amines is 1. The van der Waals surface area contributed by atoms with Gasteiger partial charge < -0.3 is 5.73 Å². The van der Waals surface area contributed by atoms with E-state index in [9.17, 15) is 0 Å². The summed E-state index contributed by atoms with van der Waals surface area (Å²) in [5, 5.41) is 15.1. The third kappa shape index (κ3) is 3.50. The smallest absolute Gasteiger partial charge is 0.205 e. The van der Waals surface area contributed by atoms with Crippen LogP contribution >= 0.6 is 11.8 Å². The maximum atomic E-state index is 6.20. The van der Waals surface area contributed by atoms with Crippen molar-refractivity contribution in [3.05, 3.63) is 36.5 Å². The van der Waals surface area contributed by atoms with Crippen LogP contribution < -0.4 is 5.73 Å². The van der Waals surface area contributed by atoms with Gasteiger partial charge in [0.1, 0.15) is 5.03 Å². The second kappa shape index (κ2) is 6.00. The number of hydrogen-bond acceptors (Lipinski definition) is 6. The first-order valence-corrected chi connectivity index (χ1v) is 8.03. The molecule has 0 amide bonds. The van der Waals surface area contributed by atoms with Crippen LogP contribution in [0.1, 0.15) is 20.8 Å². The molecule has 0 aliphatic heterocycles. The zero-order chi connectivity index (χ0) is 16.4. The third-order valence-electron chi connectivity index (χ3n) is 3.11. The molecule has 6 nitrogen and oxygen atoms in total. The van der Waals surface area contributed by atoms with E-state index in [1.54, 1.807) is 11.8 Å². The number of hydrogen-bond donors (Lipinski definition) is 2. The predicted molar refractivity (Wildman–Crippen MR) is 92.9 cm³/mol. The summed E-state index contributed by atoms with van der Waals surface area (Å²) >= 11 is 1.66. The van der Waals surface area contributed by atoms with Crippen molar-refractivity contribution < 1.29 is 0 Å². The Balaban J connectivity index is 2.02. The van der Waals surface area contributed by atoms with Crippen molar-refractivity contribution in [3.8, 4) is 22.5 Å². The van der Waals surface area contributed by atoms with Crippen LogP contribution in [0.4, 0.5) is 5.69 Å². The maximum Gasteiger partial charge on any atom is 0.205 e. The number of rotatable bonds is 3. The molecule has 0 aliphatic rings. The summed E-state index contributed by atoms with van der Waals surface area (Å²) in [4.78, 5) is 4.54. The molecule has 0 unspecified atom stereocenters. The van der Waals surface area contributed by atoms with Crippen molar-refractivity contribution in [2.75, 3.05) is 5.73 Å². The lowest BCUT2D eigenvalue weighted by atomic mass is 10.0. The van der Waals surface area contributed by atoms with Crippen LogP contribution in [-0.2, 0) is 0 Å². The number of nitrogens with two attached hydrogens (primary N) is 1. The molecule has 3 rings (SSSR count). The molecule has 0 radical (unpaired) electrons. The predicted octanol–water partition coefficient (Wildman–Crippen LogP) is 3.40. The highest BCUT2D eigenvalue weighted by molar-refractivity contribution is 8.00. The van der Waals surface area contributed by atoms with Gasteiger partial charge in [-0.3, -0.25) is 0 Å². The molecule has 7 heteroatoms. The summed E-state index contributed by atoms with van der Waals surface area (Å²) in [6.07, 6.45) is 1.84. The molecule has 118 valence electrons. The zero-order valence-electron chi connectivity index (χ0n) is 13.2. The molecule has 0 saturated heterocycles. The van der Waals surface area contributed by atoms with Gasteiger partial charge in [-0.15, -0.1) is 10.2 Å². The lowest BCUT2D eigenvalue weighted by molar-refractivity contribution is 0.800. The van der Waals surface area contributed by atoms with E-state index in [1.165, 1.54) is 0 Å². The van der Waals surface area contributed by atoms with E-state index in [4.69, 9.17) is 5.73 Å². The summed E-state index contributed by atoms with van der Waals surface area (Å²) in [6.45, 7) is 6.41. The van der Waals surface area contributed by atoms with Gasteiger partial charge in [0.25, 0.3) is 0 Å². The molecule has 0 saturated carbocycles. The van der Waals surface area contributed by atoms with E-state index in [-0.39, 0.29) is 4.75 Å². The van der Waals surface area contributed by atoms with Gasteiger partial charge in [-0.05, 0) is 16.8 Å². The Hall–Kier alpha value is -2.41. The average molecular weight is 326 g/mol. The topological polar surface area (TPSA) is 93.4 Å². The Morgan fingerprint density at radius 3 is 2.48 bits per heavy atom. The van der Waals surface area contributed by atoms with Crippen LogP contribution in [0.3, 0.4) is 0 Å². The Kier molecular flexibility index (Phi) is 4.04. The van der Waals surface area contributed by atoms with E-state index < -0.39 is 0 Å². The van der Waals surface area contributed by atoms with Crippen molar-refractivity contribution in [3.63, 3.8) is 0 Å². The lowest BCUT2D eigenvalue weighted by Crippen LogP contribution is -2.08. The summed E-state index contributed by atoms with van der Waals surface area (Å²) in [7, 11) is 0. The molecule has 0 spiro atoms. The number of aromatic nitrogens is 5. The molecular formula is C16H18N6S. The van der Waals surface area contributed by atoms with Gasteiger partial charge in [0.05, 0.1) is 5.69 Å². The number of benzene rings is 1. The SMILES string of the molecule is CC(C)(C)Sc1ncc(-c2ccccc2-c2nn[nH]n2)cc1N. The van der Waals surface area contributed by atoms with E-state index in [0.29, 0.717) is 11.5 Å². The van der Waals surface area contributed by atoms with Crippen molar-refractivity contribution in [2.24, 2.45) is 0 Å². The van der Waals surface area contributed by atoms with Crippen molar-refractivity contribution in [1.29, 1.82) is 0 Å². The van der Waals surface area contributed by atoms with E-state index in [0.717, 1.165) is 21.7 Å². The van der Waals surface area contributed by atoms with Gasteiger partial charge in [0.2, 0.25) is 5.82 Å². The van der Waals surface area contributed by atoms with Gasteiger partial charge in [0, 0.05) is 22.1 Å². The van der Waals surface area contributed by atoms with Gasteiger partial charge in [-0.1, -0.05) is 56.8 Å². The van der Waals surface area contributed by atoms with Crippen LogP contribution in [0.15, 0.2) is 41.6 Å². The van der Waals surface area contributed by atoms with Gasteiger partial charge in [0.15, 0.2) is 0 Å². The van der Waals surface area contributed by atoms with Crippen molar-refractivity contribution >= 4 is 17.4 Å². The standard InChI is InChI=1S/C16H18N6S/c1-16(2,3)23-15-13(17)8-10(9-18-15)11-6-4-5-7-12(11)14-19-21-22-20-14/h4-9H,17H2,1-3H3,(H,19,20,21,22). The van der Waals surface area contributed by atoms with E-state index >= 15 is 0 Å². The molecule has 0 fully saturated rings. The van der Waals surface area contributed by atoms with Crippen molar-refractivity contribution in [1.82, 2.24) is 25.6 Å². The Labute approximate surface area is 138 Å². The number of tetrazole rings is 1. The van der Waals surface area contributed by atoms with Gasteiger partial charge in [-0.2, -0.15) is 5.21 Å². The number of nitrogen functional groups attached to an aromatic ring is 1. The first-order valence-electron chi connectivity index (χ1n) is 7.22. The quantitative estimate of drug-likeness (QED) is 0.716. The number of H-pyrrole nitrogens is 1. The Morgan fingerprint density at radius 1 is 1.13 bits per heavy atom. The van der Waals surface area contributed by atoms with E-state index in [2.05, 4.69) is 46.4 Å². The molecule has 3 N–H and O–H groups in total. The highest BCUT2D eigenvalue weighted by Gasteiger charge is 2.17. The summed E-state index contributed by atoms with van der Waals surface area (Å²) < 4.78 is 0.0607.